The van der Waals surface area contributed by atoms with E-state index in [-0.39, 0.29) is 12.1 Å². The highest BCUT2D eigenvalue weighted by Crippen LogP contribution is 2.20. The molecule has 1 heterocycles. The van der Waals surface area contributed by atoms with Gasteiger partial charge in [0, 0.05) is 22.8 Å². The molecule has 1 aliphatic rings. The van der Waals surface area contributed by atoms with E-state index < -0.39 is 5.97 Å². The first kappa shape index (κ1) is 13.5. The fraction of sp³-hybridized carbons (Fsp3) is 0.615. The van der Waals surface area contributed by atoms with Gasteiger partial charge in [-0.2, -0.15) is 0 Å². The fourth-order valence-corrected chi connectivity index (χ4v) is 3.15. The predicted molar refractivity (Wildman–Crippen MR) is 71.0 cm³/mol. The van der Waals surface area contributed by atoms with Crippen LogP contribution in [0.5, 0.6) is 0 Å². The molecule has 2 rings (SSSR count). The average Bonchev–Trinajstić information content (AvgIpc) is 2.72. The van der Waals surface area contributed by atoms with Crippen molar-refractivity contribution in [3.05, 3.63) is 21.9 Å². The van der Waals surface area contributed by atoms with Gasteiger partial charge >= 0.3 is 5.97 Å². The summed E-state index contributed by atoms with van der Waals surface area (Å²) in [6.45, 7) is 0.639. The van der Waals surface area contributed by atoms with Gasteiger partial charge in [0.05, 0.1) is 11.7 Å². The smallest absolute Gasteiger partial charge is 0.336 e. The molecular weight excluding hydrogens is 250 g/mol. The number of aliphatic hydroxyl groups is 1. The van der Waals surface area contributed by atoms with Crippen molar-refractivity contribution in [2.75, 3.05) is 0 Å². The molecule has 0 bridgehead atoms. The van der Waals surface area contributed by atoms with Gasteiger partial charge in [-0.3, -0.25) is 0 Å². The lowest BCUT2D eigenvalue weighted by Gasteiger charge is -2.21. The monoisotopic (exact) mass is 269 g/mol. The first-order valence-corrected chi connectivity index (χ1v) is 7.27. The van der Waals surface area contributed by atoms with Crippen molar-refractivity contribution < 1.29 is 15.0 Å². The molecule has 2 atom stereocenters. The maximum atomic E-state index is 10.8. The minimum atomic E-state index is -0.882. The van der Waals surface area contributed by atoms with E-state index in [1.165, 1.54) is 17.8 Å². The molecule has 1 aromatic heterocycles. The minimum Gasteiger partial charge on any atom is -0.478 e. The van der Waals surface area contributed by atoms with Gasteiger partial charge in [0.15, 0.2) is 0 Å². The Hall–Kier alpha value is -0.910. The van der Waals surface area contributed by atoms with Crippen molar-refractivity contribution in [1.29, 1.82) is 0 Å². The SMILES string of the molecule is O=C(O)c1csc(CNC2CCCCCC2O)c1. The predicted octanol–water partition coefficient (Wildman–Crippen LogP) is 2.23. The molecule has 5 heteroatoms. The summed E-state index contributed by atoms with van der Waals surface area (Å²) in [5.74, 6) is -0.882. The molecule has 3 N–H and O–H groups in total. The number of aliphatic hydroxyl groups excluding tert-OH is 1. The van der Waals surface area contributed by atoms with Crippen LogP contribution in [0.4, 0.5) is 0 Å². The molecule has 4 nitrogen and oxygen atoms in total. The average molecular weight is 269 g/mol. The largest absolute Gasteiger partial charge is 0.478 e. The van der Waals surface area contributed by atoms with Gasteiger partial charge in [0.2, 0.25) is 0 Å². The van der Waals surface area contributed by atoms with Crippen LogP contribution in [0.25, 0.3) is 0 Å². The molecule has 0 aromatic carbocycles. The topological polar surface area (TPSA) is 69.6 Å². The number of carbonyl (C=O) groups is 1. The first-order valence-electron chi connectivity index (χ1n) is 6.39. The van der Waals surface area contributed by atoms with Crippen LogP contribution in [0, 0.1) is 0 Å². The first-order chi connectivity index (χ1) is 8.66. The van der Waals surface area contributed by atoms with E-state index in [1.807, 2.05) is 0 Å². The van der Waals surface area contributed by atoms with Crippen LogP contribution in [0.15, 0.2) is 11.4 Å². The lowest BCUT2D eigenvalue weighted by Crippen LogP contribution is -2.38. The Morgan fingerprint density at radius 1 is 1.39 bits per heavy atom. The Kier molecular flexibility index (Phi) is 4.74. The number of carboxylic acids is 1. The number of rotatable bonds is 4. The van der Waals surface area contributed by atoms with Gasteiger partial charge in [0.1, 0.15) is 0 Å². The van der Waals surface area contributed by atoms with Crippen LogP contribution in [0.1, 0.15) is 47.3 Å². The number of carboxylic acid groups (broad SMARTS) is 1. The molecular formula is C13H19NO3S. The van der Waals surface area contributed by atoms with Crippen molar-refractivity contribution in [2.45, 2.75) is 50.8 Å². The van der Waals surface area contributed by atoms with E-state index in [0.717, 1.165) is 30.6 Å². The lowest BCUT2D eigenvalue weighted by atomic mass is 10.1. The zero-order valence-electron chi connectivity index (χ0n) is 10.3. The number of nitrogens with one attached hydrogen (secondary N) is 1. The molecule has 100 valence electrons. The highest BCUT2D eigenvalue weighted by atomic mass is 32.1. The molecule has 0 aliphatic heterocycles. The van der Waals surface area contributed by atoms with Crippen LogP contribution in [0.2, 0.25) is 0 Å². The van der Waals surface area contributed by atoms with Crippen LogP contribution in [-0.2, 0) is 6.54 Å². The van der Waals surface area contributed by atoms with E-state index in [1.54, 1.807) is 11.4 Å². The molecule has 1 fully saturated rings. The van der Waals surface area contributed by atoms with Gasteiger partial charge in [0.25, 0.3) is 0 Å². The van der Waals surface area contributed by atoms with E-state index in [9.17, 15) is 9.90 Å². The van der Waals surface area contributed by atoms with Crippen molar-refractivity contribution in [1.82, 2.24) is 5.32 Å². The van der Waals surface area contributed by atoms with Crippen molar-refractivity contribution >= 4 is 17.3 Å². The van der Waals surface area contributed by atoms with E-state index in [0.29, 0.717) is 12.1 Å². The quantitative estimate of drug-likeness (QED) is 0.733. The van der Waals surface area contributed by atoms with Crippen LogP contribution < -0.4 is 5.32 Å². The summed E-state index contributed by atoms with van der Waals surface area (Å²) in [5, 5.41) is 23.8. The number of hydrogen-bond donors (Lipinski definition) is 3. The van der Waals surface area contributed by atoms with Crippen LogP contribution >= 0.6 is 11.3 Å². The Morgan fingerprint density at radius 2 is 2.17 bits per heavy atom. The number of aromatic carboxylic acids is 1. The summed E-state index contributed by atoms with van der Waals surface area (Å²) in [6.07, 6.45) is 5.03. The third kappa shape index (κ3) is 3.54. The molecule has 1 aromatic rings. The second-order valence-electron chi connectivity index (χ2n) is 4.80. The van der Waals surface area contributed by atoms with Gasteiger partial charge < -0.3 is 15.5 Å². The molecule has 0 saturated heterocycles. The fourth-order valence-electron chi connectivity index (χ4n) is 2.34. The van der Waals surface area contributed by atoms with E-state index >= 15 is 0 Å². The molecule has 0 radical (unpaired) electrons. The van der Waals surface area contributed by atoms with Crippen LogP contribution in [0.3, 0.4) is 0 Å². The van der Waals surface area contributed by atoms with Crippen molar-refractivity contribution in [3.8, 4) is 0 Å². The summed E-state index contributed by atoms with van der Waals surface area (Å²) in [6, 6.07) is 1.84. The third-order valence-corrected chi connectivity index (χ3v) is 4.36. The third-order valence-electron chi connectivity index (χ3n) is 3.42. The van der Waals surface area contributed by atoms with Crippen molar-refractivity contribution in [3.63, 3.8) is 0 Å². The second kappa shape index (κ2) is 6.31. The summed E-state index contributed by atoms with van der Waals surface area (Å²) in [4.78, 5) is 11.8. The van der Waals surface area contributed by atoms with Gasteiger partial charge in [-0.25, -0.2) is 4.79 Å². The summed E-state index contributed by atoms with van der Waals surface area (Å²) < 4.78 is 0. The molecule has 0 spiro atoms. The maximum Gasteiger partial charge on any atom is 0.336 e. The van der Waals surface area contributed by atoms with Crippen LogP contribution in [-0.4, -0.2) is 28.3 Å². The summed E-state index contributed by atoms with van der Waals surface area (Å²) >= 11 is 1.45. The maximum absolute atomic E-state index is 10.8. The van der Waals surface area contributed by atoms with E-state index in [2.05, 4.69) is 5.32 Å². The molecule has 18 heavy (non-hydrogen) atoms. The summed E-state index contributed by atoms with van der Waals surface area (Å²) in [5.41, 5.74) is 0.346. The molecule has 1 aliphatic carbocycles. The molecule has 1 saturated carbocycles. The highest BCUT2D eigenvalue weighted by molar-refractivity contribution is 7.10. The Bertz CT molecular complexity index is 405. The van der Waals surface area contributed by atoms with E-state index in [4.69, 9.17) is 5.11 Å². The van der Waals surface area contributed by atoms with Gasteiger partial charge in [-0.05, 0) is 18.9 Å². The number of hydrogen-bond acceptors (Lipinski definition) is 4. The summed E-state index contributed by atoms with van der Waals surface area (Å²) in [7, 11) is 0. The lowest BCUT2D eigenvalue weighted by molar-refractivity contribution is 0.0697. The zero-order valence-corrected chi connectivity index (χ0v) is 11.1. The number of thiophene rings is 1. The highest BCUT2D eigenvalue weighted by Gasteiger charge is 2.21. The minimum absolute atomic E-state index is 0.142. The Labute approximate surface area is 111 Å². The molecule has 0 amide bonds. The normalized spacial score (nSPS) is 24.7. The van der Waals surface area contributed by atoms with Gasteiger partial charge in [-0.15, -0.1) is 11.3 Å². The van der Waals surface area contributed by atoms with Gasteiger partial charge in [-0.1, -0.05) is 19.3 Å². The molecule has 2 unspecified atom stereocenters. The Morgan fingerprint density at radius 3 is 2.89 bits per heavy atom. The van der Waals surface area contributed by atoms with Crippen molar-refractivity contribution in [2.24, 2.45) is 0 Å². The second-order valence-corrected chi connectivity index (χ2v) is 5.80. The standard InChI is InChI=1S/C13H19NO3S/c15-12-5-3-1-2-4-11(12)14-7-10-6-9(8-18-10)13(16)17/h6,8,11-12,14-15H,1-5,7H2,(H,16,17). The Balaban J connectivity index is 1.87. The zero-order chi connectivity index (χ0) is 13.0.